The first-order chi connectivity index (χ1) is 14.6. The molecule has 4 rings (SSSR count). The highest BCUT2D eigenvalue weighted by Crippen LogP contribution is 2.53. The van der Waals surface area contributed by atoms with Gasteiger partial charge in [-0.2, -0.15) is 0 Å². The standard InChI is InChI=1S/C24H25NO4S/c1-28-22(26)20-21(23(27)29-2)25-18-12-6-4-10-16(18)17-11-5-7-13-19(17)30-24(20)14-8-3-9-15-24/h4-7,10-13,20H,3,8-9,14-15H2,1-2H3. The number of benzene rings is 2. The summed E-state index contributed by atoms with van der Waals surface area (Å²) >= 11 is 1.69. The van der Waals surface area contributed by atoms with E-state index in [1.54, 1.807) is 11.8 Å². The molecular formula is C24H25NO4S. The quantitative estimate of drug-likeness (QED) is 0.622. The van der Waals surface area contributed by atoms with Crippen LogP contribution in [-0.4, -0.2) is 36.6 Å². The van der Waals surface area contributed by atoms with E-state index in [1.807, 2.05) is 36.4 Å². The van der Waals surface area contributed by atoms with Crippen molar-refractivity contribution in [3.05, 3.63) is 48.5 Å². The second-order valence-electron chi connectivity index (χ2n) is 7.69. The van der Waals surface area contributed by atoms with Crippen molar-refractivity contribution in [2.24, 2.45) is 10.9 Å². The maximum Gasteiger partial charge on any atom is 0.353 e. The molecule has 5 nitrogen and oxygen atoms in total. The predicted octanol–water partition coefficient (Wildman–Crippen LogP) is 5.20. The maximum absolute atomic E-state index is 13.1. The molecule has 0 N–H and O–H groups in total. The van der Waals surface area contributed by atoms with Crippen LogP contribution < -0.4 is 0 Å². The van der Waals surface area contributed by atoms with Gasteiger partial charge in [-0.05, 0) is 30.5 Å². The summed E-state index contributed by atoms with van der Waals surface area (Å²) in [6, 6.07) is 15.9. The van der Waals surface area contributed by atoms with E-state index in [2.05, 4.69) is 12.1 Å². The van der Waals surface area contributed by atoms with Gasteiger partial charge in [0.15, 0.2) is 0 Å². The summed E-state index contributed by atoms with van der Waals surface area (Å²) in [7, 11) is 2.69. The van der Waals surface area contributed by atoms with Crippen molar-refractivity contribution < 1.29 is 19.1 Å². The maximum atomic E-state index is 13.1. The number of rotatable bonds is 2. The zero-order chi connectivity index (χ0) is 21.1. The molecule has 0 saturated heterocycles. The molecule has 1 spiro atoms. The summed E-state index contributed by atoms with van der Waals surface area (Å²) in [5.41, 5.74) is 2.76. The van der Waals surface area contributed by atoms with Gasteiger partial charge in [-0.1, -0.05) is 55.7 Å². The van der Waals surface area contributed by atoms with Gasteiger partial charge in [0.1, 0.15) is 11.6 Å². The van der Waals surface area contributed by atoms with E-state index < -0.39 is 22.6 Å². The first kappa shape index (κ1) is 20.7. The highest BCUT2D eigenvalue weighted by atomic mass is 32.2. The molecule has 1 atom stereocenters. The topological polar surface area (TPSA) is 65.0 Å². The number of para-hydroxylation sites is 1. The van der Waals surface area contributed by atoms with Crippen LogP contribution in [0, 0.1) is 5.92 Å². The fourth-order valence-electron chi connectivity index (χ4n) is 4.55. The number of carbonyl (C=O) groups excluding carboxylic acids is 2. The molecule has 1 saturated carbocycles. The van der Waals surface area contributed by atoms with E-state index in [0.29, 0.717) is 5.69 Å². The van der Waals surface area contributed by atoms with Crippen molar-refractivity contribution in [2.75, 3.05) is 14.2 Å². The molecule has 1 heterocycles. The Morgan fingerprint density at radius 3 is 2.30 bits per heavy atom. The second-order valence-corrected chi connectivity index (χ2v) is 9.14. The van der Waals surface area contributed by atoms with Crippen LogP contribution in [0.4, 0.5) is 5.69 Å². The van der Waals surface area contributed by atoms with E-state index in [-0.39, 0.29) is 5.71 Å². The van der Waals surface area contributed by atoms with Crippen LogP contribution in [-0.2, 0) is 19.1 Å². The lowest BCUT2D eigenvalue weighted by Gasteiger charge is -2.41. The molecular weight excluding hydrogens is 398 g/mol. The molecule has 1 unspecified atom stereocenters. The molecule has 1 fully saturated rings. The molecule has 0 bridgehead atoms. The number of nitrogens with zero attached hydrogens (tertiary/aromatic N) is 1. The third kappa shape index (κ3) is 3.65. The van der Waals surface area contributed by atoms with Gasteiger partial charge in [-0.25, -0.2) is 9.79 Å². The number of fused-ring (bicyclic) bond motifs is 3. The van der Waals surface area contributed by atoms with Gasteiger partial charge in [0.05, 0.1) is 19.9 Å². The van der Waals surface area contributed by atoms with Crippen LogP contribution in [0.2, 0.25) is 0 Å². The summed E-state index contributed by atoms with van der Waals surface area (Å²) in [4.78, 5) is 31.9. The van der Waals surface area contributed by atoms with Crippen LogP contribution in [0.5, 0.6) is 0 Å². The summed E-state index contributed by atoms with van der Waals surface area (Å²) in [6.45, 7) is 0. The van der Waals surface area contributed by atoms with E-state index in [9.17, 15) is 9.59 Å². The van der Waals surface area contributed by atoms with Crippen LogP contribution in [0.25, 0.3) is 11.1 Å². The fraction of sp³-hybridized carbons (Fsp3) is 0.375. The number of hydrogen-bond donors (Lipinski definition) is 0. The van der Waals surface area contributed by atoms with E-state index in [4.69, 9.17) is 14.5 Å². The molecule has 30 heavy (non-hydrogen) atoms. The third-order valence-electron chi connectivity index (χ3n) is 5.97. The minimum Gasteiger partial charge on any atom is -0.468 e. The second kappa shape index (κ2) is 8.64. The van der Waals surface area contributed by atoms with Gasteiger partial charge < -0.3 is 9.47 Å². The molecule has 1 aliphatic heterocycles. The summed E-state index contributed by atoms with van der Waals surface area (Å²) in [5, 5.41) is 0. The van der Waals surface area contributed by atoms with Crippen LogP contribution in [0.3, 0.4) is 0 Å². The number of hydrogen-bond acceptors (Lipinski definition) is 6. The van der Waals surface area contributed by atoms with Gasteiger partial charge in [-0.15, -0.1) is 11.8 Å². The Hall–Kier alpha value is -2.60. The average molecular weight is 424 g/mol. The summed E-state index contributed by atoms with van der Waals surface area (Å²) in [6.07, 6.45) is 4.70. The zero-order valence-electron chi connectivity index (χ0n) is 17.2. The van der Waals surface area contributed by atoms with Gasteiger partial charge in [0.2, 0.25) is 0 Å². The van der Waals surface area contributed by atoms with Crippen molar-refractivity contribution in [3.8, 4) is 11.1 Å². The Labute approximate surface area is 180 Å². The predicted molar refractivity (Wildman–Crippen MR) is 118 cm³/mol. The number of methoxy groups -OCH3 is 2. The lowest BCUT2D eigenvalue weighted by atomic mass is 9.76. The van der Waals surface area contributed by atoms with Crippen molar-refractivity contribution in [1.29, 1.82) is 0 Å². The molecule has 0 amide bonds. The number of ether oxygens (including phenoxy) is 2. The highest BCUT2D eigenvalue weighted by Gasteiger charge is 2.51. The number of esters is 2. The lowest BCUT2D eigenvalue weighted by Crippen LogP contribution is -2.48. The molecule has 2 aromatic carbocycles. The minimum atomic E-state index is -0.806. The Balaban J connectivity index is 2.04. The minimum absolute atomic E-state index is 0.124. The van der Waals surface area contributed by atoms with Crippen LogP contribution >= 0.6 is 11.8 Å². The SMILES string of the molecule is COC(=O)C1=Nc2ccccc2-c2ccccc2SC2(CCCCC2)C1C(=O)OC. The molecule has 0 aromatic heterocycles. The highest BCUT2D eigenvalue weighted by molar-refractivity contribution is 8.01. The van der Waals surface area contributed by atoms with Gasteiger partial charge in [0.25, 0.3) is 0 Å². The Kier molecular flexibility index (Phi) is 5.95. The fourth-order valence-corrected chi connectivity index (χ4v) is 6.24. The van der Waals surface area contributed by atoms with Crippen molar-refractivity contribution in [3.63, 3.8) is 0 Å². The van der Waals surface area contributed by atoms with E-state index >= 15 is 0 Å². The van der Waals surface area contributed by atoms with Gasteiger partial charge in [-0.3, -0.25) is 4.79 Å². The van der Waals surface area contributed by atoms with Crippen molar-refractivity contribution in [2.45, 2.75) is 41.7 Å². The largest absolute Gasteiger partial charge is 0.468 e. The van der Waals surface area contributed by atoms with Crippen LogP contribution in [0.1, 0.15) is 32.1 Å². The smallest absolute Gasteiger partial charge is 0.353 e. The normalized spacial score (nSPS) is 19.9. The molecule has 0 radical (unpaired) electrons. The Morgan fingerprint density at radius 1 is 0.933 bits per heavy atom. The van der Waals surface area contributed by atoms with Crippen LogP contribution in [0.15, 0.2) is 58.4 Å². The third-order valence-corrected chi connectivity index (χ3v) is 7.59. The number of aliphatic imine (C=N–C) groups is 1. The lowest BCUT2D eigenvalue weighted by molar-refractivity contribution is -0.145. The Bertz CT molecular complexity index is 994. The average Bonchev–Trinajstić information content (AvgIpc) is 2.83. The number of carbonyl (C=O) groups is 2. The molecule has 2 aliphatic rings. The molecule has 156 valence electrons. The zero-order valence-corrected chi connectivity index (χ0v) is 18.0. The molecule has 6 heteroatoms. The van der Waals surface area contributed by atoms with Crippen molar-refractivity contribution >= 4 is 35.1 Å². The van der Waals surface area contributed by atoms with E-state index in [1.165, 1.54) is 14.2 Å². The first-order valence-corrected chi connectivity index (χ1v) is 11.0. The molecule has 1 aliphatic carbocycles. The summed E-state index contributed by atoms with van der Waals surface area (Å²) < 4.78 is 9.79. The van der Waals surface area contributed by atoms with E-state index in [0.717, 1.165) is 48.1 Å². The van der Waals surface area contributed by atoms with Gasteiger partial charge >= 0.3 is 11.9 Å². The first-order valence-electron chi connectivity index (χ1n) is 10.2. The van der Waals surface area contributed by atoms with Crippen molar-refractivity contribution in [1.82, 2.24) is 0 Å². The molecule has 2 aromatic rings. The Morgan fingerprint density at radius 2 is 1.60 bits per heavy atom. The number of thioether (sulfide) groups is 1. The van der Waals surface area contributed by atoms with Gasteiger partial charge in [0, 0.05) is 15.2 Å². The monoisotopic (exact) mass is 423 g/mol. The summed E-state index contributed by atoms with van der Waals surface area (Å²) in [5.74, 6) is -1.83.